The summed E-state index contributed by atoms with van der Waals surface area (Å²) in [5.41, 5.74) is 4.74. The first kappa shape index (κ1) is 27.4. The van der Waals surface area contributed by atoms with Crippen molar-refractivity contribution in [3.05, 3.63) is 95.3 Å². The Kier molecular flexibility index (Phi) is 11.3. The van der Waals surface area contributed by atoms with Crippen molar-refractivity contribution >= 4 is 13.1 Å². The van der Waals surface area contributed by atoms with Gasteiger partial charge in [0.2, 0.25) is 0 Å². The van der Waals surface area contributed by atoms with E-state index in [1.54, 1.807) is 6.08 Å². The number of rotatable bonds is 13. The molecule has 2 bridgehead atoms. The van der Waals surface area contributed by atoms with Gasteiger partial charge in [0.15, 0.2) is 0 Å². The van der Waals surface area contributed by atoms with E-state index < -0.39 is 7.41 Å². The minimum Gasteiger partial charge on any atom is -0.875 e. The van der Waals surface area contributed by atoms with Gasteiger partial charge in [-0.05, 0) is 48.3 Å². The SMILES string of the molecule is CCCC[P+](CCCC)(CCCC)/N=C(/CC1/C=C2/C=CC=C/C(=C/C=C\1[O-])C2)c1ccccc1. The summed E-state index contributed by atoms with van der Waals surface area (Å²) >= 11 is 0. The molecule has 0 spiro atoms. The molecule has 0 fully saturated rings. The predicted molar refractivity (Wildman–Crippen MR) is 154 cm³/mol. The molecule has 0 radical (unpaired) electrons. The molecule has 3 heteroatoms. The van der Waals surface area contributed by atoms with Gasteiger partial charge in [0, 0.05) is 6.42 Å². The smallest absolute Gasteiger partial charge is 0.133 e. The average molecular weight is 490 g/mol. The third kappa shape index (κ3) is 8.46. The molecule has 3 rings (SSSR count). The van der Waals surface area contributed by atoms with Crippen LogP contribution in [-0.2, 0) is 0 Å². The van der Waals surface area contributed by atoms with Gasteiger partial charge in [0.05, 0.1) is 24.2 Å². The molecule has 0 amide bonds. The van der Waals surface area contributed by atoms with Gasteiger partial charge >= 0.3 is 0 Å². The second kappa shape index (κ2) is 14.4. The Balaban J connectivity index is 2.05. The summed E-state index contributed by atoms with van der Waals surface area (Å²) in [6.07, 6.45) is 27.1. The first-order chi connectivity index (χ1) is 17.1. The molecule has 1 unspecified atom stereocenters. The minimum atomic E-state index is -1.49. The third-order valence-corrected chi connectivity index (χ3v) is 11.1. The largest absolute Gasteiger partial charge is 0.875 e. The van der Waals surface area contributed by atoms with Crippen molar-refractivity contribution in [1.29, 1.82) is 0 Å². The molecule has 1 aromatic carbocycles. The van der Waals surface area contributed by atoms with Crippen molar-refractivity contribution in [1.82, 2.24) is 0 Å². The monoisotopic (exact) mass is 489 g/mol. The van der Waals surface area contributed by atoms with Crippen molar-refractivity contribution < 1.29 is 5.11 Å². The van der Waals surface area contributed by atoms with Gasteiger partial charge in [-0.2, -0.15) is 0 Å². The zero-order valence-electron chi connectivity index (χ0n) is 22.1. The topological polar surface area (TPSA) is 35.4 Å². The van der Waals surface area contributed by atoms with Crippen molar-refractivity contribution in [2.24, 2.45) is 10.7 Å². The average Bonchev–Trinajstić information content (AvgIpc) is 3.13. The molecule has 0 N–H and O–H groups in total. The molecule has 0 heterocycles. The normalized spacial score (nSPS) is 22.8. The van der Waals surface area contributed by atoms with Crippen molar-refractivity contribution in [2.75, 3.05) is 18.5 Å². The number of nitrogens with zero attached hydrogens (tertiary/aromatic N) is 1. The molecule has 0 aliphatic heterocycles. The second-order valence-corrected chi connectivity index (χ2v) is 13.7. The van der Waals surface area contributed by atoms with Gasteiger partial charge in [-0.1, -0.05) is 113 Å². The molecule has 0 saturated carbocycles. The highest BCUT2D eigenvalue weighted by Crippen LogP contribution is 2.63. The van der Waals surface area contributed by atoms with Gasteiger partial charge < -0.3 is 5.11 Å². The van der Waals surface area contributed by atoms with Gasteiger partial charge in [0.25, 0.3) is 0 Å². The molecule has 0 aromatic heterocycles. The summed E-state index contributed by atoms with van der Waals surface area (Å²) in [7, 11) is -1.49. The van der Waals surface area contributed by atoms with E-state index in [1.807, 2.05) is 6.08 Å². The number of fused-ring (bicyclic) bond motifs is 2. The van der Waals surface area contributed by atoms with Crippen LogP contribution in [0, 0.1) is 5.92 Å². The van der Waals surface area contributed by atoms with Crippen molar-refractivity contribution in [3.63, 3.8) is 0 Å². The Hall–Kier alpha value is -2.18. The fourth-order valence-corrected chi connectivity index (χ4v) is 9.30. The van der Waals surface area contributed by atoms with E-state index >= 15 is 0 Å². The lowest BCUT2D eigenvalue weighted by Gasteiger charge is -2.27. The lowest BCUT2D eigenvalue weighted by Crippen LogP contribution is -2.20. The van der Waals surface area contributed by atoms with Gasteiger partial charge in [0.1, 0.15) is 7.41 Å². The molecular weight excluding hydrogens is 445 g/mol. The Bertz CT molecular complexity index is 958. The van der Waals surface area contributed by atoms with E-state index in [2.05, 4.69) is 81.5 Å². The number of hydrogen-bond donors (Lipinski definition) is 0. The molecule has 188 valence electrons. The van der Waals surface area contributed by atoms with Crippen molar-refractivity contribution in [2.45, 2.75) is 72.1 Å². The van der Waals surface area contributed by atoms with Crippen molar-refractivity contribution in [3.8, 4) is 0 Å². The van der Waals surface area contributed by atoms with Crippen LogP contribution in [0.2, 0.25) is 0 Å². The van der Waals surface area contributed by atoms with Crippen LogP contribution in [0.5, 0.6) is 0 Å². The second-order valence-electron chi connectivity index (χ2n) is 10.00. The van der Waals surface area contributed by atoms with Gasteiger partial charge in [-0.25, -0.2) is 0 Å². The predicted octanol–water partition coefficient (Wildman–Crippen LogP) is 8.44. The molecule has 2 aliphatic carbocycles. The van der Waals surface area contributed by atoms with Crippen LogP contribution < -0.4 is 5.11 Å². The number of hydrogen-bond acceptors (Lipinski definition) is 2. The van der Waals surface area contributed by atoms with Crippen LogP contribution in [0.3, 0.4) is 0 Å². The Morgan fingerprint density at radius 1 is 0.857 bits per heavy atom. The van der Waals surface area contributed by atoms with Crippen LogP contribution >= 0.6 is 7.41 Å². The quantitative estimate of drug-likeness (QED) is 0.202. The summed E-state index contributed by atoms with van der Waals surface area (Å²) in [4.78, 5) is 0. The molecule has 2 nitrogen and oxygen atoms in total. The molecule has 0 saturated heterocycles. The first-order valence-corrected chi connectivity index (χ1v) is 16.0. The highest BCUT2D eigenvalue weighted by Gasteiger charge is 2.37. The molecule has 2 aliphatic rings. The fourth-order valence-electron chi connectivity index (χ4n) is 4.91. The highest BCUT2D eigenvalue weighted by atomic mass is 31.2. The molecule has 1 atom stereocenters. The number of unbranched alkanes of at least 4 members (excludes halogenated alkanes) is 3. The standard InChI is InChI=1S/C32H44NOP/c1-4-7-21-35(22-8-5-2,23-9-6-3)33-31(29-17-11-10-12-18-29)26-30-25-28-16-14-13-15-27(24-28)19-20-32(30)34/h10-20,25,30H,4-9,21-24,26H2,1-3H3/b27-19-,28-25-,32-20+,33-31-. The van der Waals surface area contributed by atoms with E-state index in [1.165, 1.54) is 73.7 Å². The Morgan fingerprint density at radius 3 is 2.06 bits per heavy atom. The molecular formula is C32H44NOP. The van der Waals surface area contributed by atoms with E-state index in [4.69, 9.17) is 4.76 Å². The van der Waals surface area contributed by atoms with Crippen LogP contribution in [-0.4, -0.2) is 24.2 Å². The zero-order chi connectivity index (χ0) is 24.9. The fraction of sp³-hybridized carbons (Fsp3) is 0.469. The number of benzene rings is 1. The summed E-state index contributed by atoms with van der Waals surface area (Å²) in [5, 5.41) is 13.3. The lowest BCUT2D eigenvalue weighted by atomic mass is 9.90. The summed E-state index contributed by atoms with van der Waals surface area (Å²) in [6, 6.07) is 10.7. The maximum absolute atomic E-state index is 13.3. The Labute approximate surface area is 214 Å². The molecule has 1 aromatic rings. The van der Waals surface area contributed by atoms with Crippen LogP contribution in [0.15, 0.2) is 94.5 Å². The van der Waals surface area contributed by atoms with E-state index in [-0.39, 0.29) is 11.7 Å². The van der Waals surface area contributed by atoms with E-state index in [0.717, 1.165) is 12.1 Å². The summed E-state index contributed by atoms with van der Waals surface area (Å²) in [5.74, 6) is 0.0153. The summed E-state index contributed by atoms with van der Waals surface area (Å²) in [6.45, 7) is 6.88. The van der Waals surface area contributed by atoms with Gasteiger partial charge in [-0.3, -0.25) is 0 Å². The minimum absolute atomic E-state index is 0.171. The number of allylic oxidation sites excluding steroid dienone is 9. The highest BCUT2D eigenvalue weighted by molar-refractivity contribution is 7.74. The Morgan fingerprint density at radius 2 is 1.46 bits per heavy atom. The maximum Gasteiger partial charge on any atom is 0.133 e. The zero-order valence-corrected chi connectivity index (χ0v) is 23.0. The van der Waals surface area contributed by atoms with Gasteiger partial charge in [-0.15, -0.1) is 10.5 Å². The van der Waals surface area contributed by atoms with Crippen LogP contribution in [0.1, 0.15) is 77.7 Å². The lowest BCUT2D eigenvalue weighted by molar-refractivity contribution is -0.312. The van der Waals surface area contributed by atoms with Crippen LogP contribution in [0.25, 0.3) is 0 Å². The van der Waals surface area contributed by atoms with E-state index in [9.17, 15) is 5.11 Å². The first-order valence-electron chi connectivity index (χ1n) is 13.7. The third-order valence-electron chi connectivity index (χ3n) is 7.02. The maximum atomic E-state index is 13.3. The van der Waals surface area contributed by atoms with Crippen LogP contribution in [0.4, 0.5) is 0 Å². The van der Waals surface area contributed by atoms with E-state index in [0.29, 0.717) is 6.42 Å². The molecule has 35 heavy (non-hydrogen) atoms. The summed E-state index contributed by atoms with van der Waals surface area (Å²) < 4.78 is 5.76.